The number of carbonyl (C=O) groups excluding carboxylic acids is 2. The fourth-order valence-corrected chi connectivity index (χ4v) is 3.35. The van der Waals surface area contributed by atoms with E-state index in [-0.39, 0.29) is 24.2 Å². The molecule has 1 N–H and O–H groups in total. The third-order valence-electron chi connectivity index (χ3n) is 3.80. The van der Waals surface area contributed by atoms with Crippen molar-refractivity contribution in [1.82, 2.24) is 10.2 Å². The molecule has 0 radical (unpaired) electrons. The Balaban J connectivity index is 1.66. The number of halogens is 1. The number of hydrogen-bond donors (Lipinski definition) is 1. The smallest absolute Gasteiger partial charge is 0.231 e. The van der Waals surface area contributed by atoms with Crippen LogP contribution in [0.3, 0.4) is 0 Å². The molecule has 0 spiro atoms. The summed E-state index contributed by atoms with van der Waals surface area (Å²) in [5.74, 6) is -0.412. The number of nitrogens with zero attached hydrogens (tertiary/aromatic N) is 3. The minimum atomic E-state index is -0.403. The highest BCUT2D eigenvalue weighted by atomic mass is 35.5. The minimum Gasteiger partial charge on any atom is -0.312 e. The van der Waals surface area contributed by atoms with E-state index in [1.165, 1.54) is 11.3 Å². The van der Waals surface area contributed by atoms with Crippen molar-refractivity contribution in [3.63, 3.8) is 0 Å². The van der Waals surface area contributed by atoms with Crippen molar-refractivity contribution >= 4 is 45.6 Å². The number of carbonyl (C=O) groups is 2. The van der Waals surface area contributed by atoms with Crippen molar-refractivity contribution < 1.29 is 9.59 Å². The van der Waals surface area contributed by atoms with E-state index in [1.54, 1.807) is 29.2 Å². The predicted octanol–water partition coefficient (Wildman–Crippen LogP) is 3.31. The number of rotatable bonds is 4. The lowest BCUT2D eigenvalue weighted by atomic mass is 10.1. The molecular weight excluding hydrogens is 348 g/mol. The number of aromatic nitrogens is 2. The summed E-state index contributed by atoms with van der Waals surface area (Å²) in [5.41, 5.74) is 0.748. The average Bonchev–Trinajstić information content (AvgIpc) is 3.15. The molecule has 1 atom stereocenters. The van der Waals surface area contributed by atoms with Gasteiger partial charge in [-0.1, -0.05) is 36.8 Å². The number of hydrogen-bond acceptors (Lipinski definition) is 5. The average molecular weight is 365 g/mol. The maximum absolute atomic E-state index is 12.4. The third-order valence-corrected chi connectivity index (χ3v) is 5.19. The van der Waals surface area contributed by atoms with Gasteiger partial charge >= 0.3 is 0 Å². The van der Waals surface area contributed by atoms with Crippen LogP contribution in [0.5, 0.6) is 0 Å². The van der Waals surface area contributed by atoms with Gasteiger partial charge in [-0.2, -0.15) is 0 Å². The number of benzene rings is 1. The fourth-order valence-electron chi connectivity index (χ4n) is 2.48. The Hall–Kier alpha value is -1.99. The maximum Gasteiger partial charge on any atom is 0.231 e. The highest BCUT2D eigenvalue weighted by Gasteiger charge is 2.35. The Bertz CT molecular complexity index is 760. The van der Waals surface area contributed by atoms with Gasteiger partial charge in [-0.25, -0.2) is 0 Å². The first-order valence-electron chi connectivity index (χ1n) is 7.64. The van der Waals surface area contributed by atoms with Gasteiger partial charge in [0.25, 0.3) is 0 Å². The van der Waals surface area contributed by atoms with E-state index in [4.69, 9.17) is 11.6 Å². The molecule has 1 fully saturated rings. The first-order chi connectivity index (χ1) is 11.4. The number of amides is 2. The summed E-state index contributed by atoms with van der Waals surface area (Å²) < 4.78 is 0. The van der Waals surface area contributed by atoms with Crippen LogP contribution < -0.4 is 10.2 Å². The van der Waals surface area contributed by atoms with Gasteiger partial charge in [-0.05, 0) is 24.3 Å². The van der Waals surface area contributed by atoms with Crippen molar-refractivity contribution in [2.24, 2.45) is 5.92 Å². The molecule has 0 aliphatic carbocycles. The lowest BCUT2D eigenvalue weighted by Crippen LogP contribution is -2.28. The summed E-state index contributed by atoms with van der Waals surface area (Å²) in [6, 6.07) is 7.01. The molecule has 3 rings (SSSR count). The van der Waals surface area contributed by atoms with Gasteiger partial charge in [-0.3, -0.25) is 9.59 Å². The highest BCUT2D eigenvalue weighted by Crippen LogP contribution is 2.28. The van der Waals surface area contributed by atoms with Crippen molar-refractivity contribution in [1.29, 1.82) is 0 Å². The van der Waals surface area contributed by atoms with Crippen LogP contribution in [0, 0.1) is 5.92 Å². The second kappa shape index (κ2) is 6.86. The van der Waals surface area contributed by atoms with E-state index in [9.17, 15) is 9.59 Å². The molecule has 6 nitrogen and oxygen atoms in total. The molecule has 126 valence electrons. The van der Waals surface area contributed by atoms with Crippen LogP contribution in [0.15, 0.2) is 24.3 Å². The lowest BCUT2D eigenvalue weighted by Gasteiger charge is -2.16. The standard InChI is InChI=1S/C16H17ClN4O2S/c1-9(2)15-19-20-16(24-15)18-14(23)10-7-13(22)21(8-10)12-5-3-11(17)4-6-12/h3-6,9-10H,7-8H2,1-2H3,(H,18,20,23). The quantitative estimate of drug-likeness (QED) is 0.903. The summed E-state index contributed by atoms with van der Waals surface area (Å²) >= 11 is 7.23. The van der Waals surface area contributed by atoms with Gasteiger partial charge in [0.1, 0.15) is 5.01 Å². The largest absolute Gasteiger partial charge is 0.312 e. The molecule has 1 aliphatic rings. The van der Waals surface area contributed by atoms with Crippen LogP contribution in [0.1, 0.15) is 31.2 Å². The van der Waals surface area contributed by atoms with E-state index < -0.39 is 5.92 Å². The Morgan fingerprint density at radius 2 is 2.04 bits per heavy atom. The Labute approximate surface area is 148 Å². The molecular formula is C16H17ClN4O2S. The highest BCUT2D eigenvalue weighted by molar-refractivity contribution is 7.15. The van der Waals surface area contributed by atoms with Crippen LogP contribution in [0.4, 0.5) is 10.8 Å². The maximum atomic E-state index is 12.4. The predicted molar refractivity (Wildman–Crippen MR) is 94.5 cm³/mol. The summed E-state index contributed by atoms with van der Waals surface area (Å²) in [6.07, 6.45) is 0.185. The molecule has 2 heterocycles. The zero-order valence-corrected chi connectivity index (χ0v) is 14.9. The molecule has 1 aromatic carbocycles. The summed E-state index contributed by atoms with van der Waals surface area (Å²) in [4.78, 5) is 26.2. The van der Waals surface area contributed by atoms with Gasteiger partial charge in [0, 0.05) is 29.6 Å². The molecule has 1 saturated heterocycles. The van der Waals surface area contributed by atoms with Crippen LogP contribution in [-0.2, 0) is 9.59 Å². The molecule has 2 aromatic rings. The van der Waals surface area contributed by atoms with Gasteiger partial charge in [-0.15, -0.1) is 10.2 Å². The van der Waals surface area contributed by atoms with E-state index in [0.29, 0.717) is 16.7 Å². The van der Waals surface area contributed by atoms with Crippen molar-refractivity contribution in [2.45, 2.75) is 26.2 Å². The fraction of sp³-hybridized carbons (Fsp3) is 0.375. The first kappa shape index (κ1) is 16.9. The number of nitrogens with one attached hydrogen (secondary N) is 1. The van der Waals surface area contributed by atoms with E-state index >= 15 is 0 Å². The summed E-state index contributed by atoms with van der Waals surface area (Å²) in [5, 5.41) is 12.7. The zero-order chi connectivity index (χ0) is 17.3. The summed E-state index contributed by atoms with van der Waals surface area (Å²) in [6.45, 7) is 4.39. The second-order valence-electron chi connectivity index (χ2n) is 5.97. The van der Waals surface area contributed by atoms with Crippen molar-refractivity contribution in [3.8, 4) is 0 Å². The Kier molecular flexibility index (Phi) is 4.82. The van der Waals surface area contributed by atoms with Crippen molar-refractivity contribution in [2.75, 3.05) is 16.8 Å². The molecule has 0 saturated carbocycles. The summed E-state index contributed by atoms with van der Waals surface area (Å²) in [7, 11) is 0. The zero-order valence-electron chi connectivity index (χ0n) is 13.3. The van der Waals surface area contributed by atoms with E-state index in [1.807, 2.05) is 13.8 Å². The van der Waals surface area contributed by atoms with E-state index in [2.05, 4.69) is 15.5 Å². The van der Waals surface area contributed by atoms with Crippen LogP contribution >= 0.6 is 22.9 Å². The molecule has 24 heavy (non-hydrogen) atoms. The van der Waals surface area contributed by atoms with Gasteiger partial charge in [0.2, 0.25) is 16.9 Å². The normalized spacial score (nSPS) is 17.6. The number of anilines is 2. The van der Waals surface area contributed by atoms with E-state index in [0.717, 1.165) is 10.7 Å². The van der Waals surface area contributed by atoms with Gasteiger partial charge in [0.05, 0.1) is 5.92 Å². The van der Waals surface area contributed by atoms with Crippen molar-refractivity contribution in [3.05, 3.63) is 34.3 Å². The Morgan fingerprint density at radius 1 is 1.33 bits per heavy atom. The molecule has 2 amide bonds. The monoisotopic (exact) mass is 364 g/mol. The SMILES string of the molecule is CC(C)c1nnc(NC(=O)C2CC(=O)N(c3ccc(Cl)cc3)C2)s1. The topological polar surface area (TPSA) is 75.2 Å². The molecule has 1 aliphatic heterocycles. The lowest BCUT2D eigenvalue weighted by molar-refractivity contribution is -0.122. The minimum absolute atomic E-state index is 0.0717. The first-order valence-corrected chi connectivity index (χ1v) is 8.83. The van der Waals surface area contributed by atoms with Gasteiger partial charge in [0.15, 0.2) is 0 Å². The van der Waals surface area contributed by atoms with Crippen LogP contribution in [-0.4, -0.2) is 28.6 Å². The van der Waals surface area contributed by atoms with Gasteiger partial charge < -0.3 is 10.2 Å². The molecule has 1 aromatic heterocycles. The Morgan fingerprint density at radius 3 is 2.67 bits per heavy atom. The second-order valence-corrected chi connectivity index (χ2v) is 7.42. The molecule has 1 unspecified atom stereocenters. The van der Waals surface area contributed by atoms with Crippen LogP contribution in [0.2, 0.25) is 5.02 Å². The molecule has 8 heteroatoms. The third kappa shape index (κ3) is 3.57. The van der Waals surface area contributed by atoms with Crippen LogP contribution in [0.25, 0.3) is 0 Å². The molecule has 0 bridgehead atoms.